The summed E-state index contributed by atoms with van der Waals surface area (Å²) in [6, 6.07) is 12.0. The van der Waals surface area contributed by atoms with Gasteiger partial charge in [0.15, 0.2) is 0 Å². The van der Waals surface area contributed by atoms with Crippen molar-refractivity contribution in [3.8, 4) is 12.1 Å². The molecule has 0 aromatic heterocycles. The number of rotatable bonds is 7. The van der Waals surface area contributed by atoms with Gasteiger partial charge in [-0.15, -0.1) is 11.8 Å². The first-order valence-corrected chi connectivity index (χ1v) is 7.37. The number of nitriles is 2. The predicted octanol–water partition coefficient (Wildman–Crippen LogP) is 2.74. The summed E-state index contributed by atoms with van der Waals surface area (Å²) in [5.41, 5.74) is 1.14. The van der Waals surface area contributed by atoms with E-state index in [-0.39, 0.29) is 5.91 Å². The van der Waals surface area contributed by atoms with Crippen molar-refractivity contribution in [1.29, 1.82) is 10.5 Å². The summed E-state index contributed by atoms with van der Waals surface area (Å²) in [6.07, 6.45) is 0.596. The van der Waals surface area contributed by atoms with Gasteiger partial charge in [0, 0.05) is 18.0 Å². The average molecular weight is 287 g/mol. The Balaban J connectivity index is 2.55. The molecular weight excluding hydrogens is 270 g/mol. The van der Waals surface area contributed by atoms with Gasteiger partial charge in [-0.25, -0.2) is 0 Å². The van der Waals surface area contributed by atoms with Gasteiger partial charge in [-0.3, -0.25) is 4.79 Å². The lowest BCUT2D eigenvalue weighted by molar-refractivity contribution is -0.128. The Hall–Kier alpha value is -1.98. The second-order valence-corrected chi connectivity index (χ2v) is 5.27. The maximum atomic E-state index is 12.1. The Labute approximate surface area is 124 Å². The molecule has 1 amide bonds. The first kappa shape index (κ1) is 16.1. The smallest absolute Gasteiger partial charge is 0.232 e. The van der Waals surface area contributed by atoms with Crippen molar-refractivity contribution < 1.29 is 4.79 Å². The number of nitrogens with zero attached hydrogens (tertiary/aromatic N) is 3. The molecule has 0 fully saturated rings. The van der Waals surface area contributed by atoms with Crippen LogP contribution in [0.1, 0.15) is 18.4 Å². The minimum atomic E-state index is -0.0243. The Bertz CT molecular complexity index is 513. The number of benzene rings is 1. The van der Waals surface area contributed by atoms with Crippen molar-refractivity contribution in [1.82, 2.24) is 4.90 Å². The maximum absolute atomic E-state index is 12.1. The summed E-state index contributed by atoms with van der Waals surface area (Å²) >= 11 is 1.49. The first-order valence-electron chi connectivity index (χ1n) is 6.39. The zero-order chi connectivity index (χ0) is 14.8. The lowest BCUT2D eigenvalue weighted by Gasteiger charge is -2.20. The van der Waals surface area contributed by atoms with Gasteiger partial charge in [0.1, 0.15) is 0 Å². The van der Waals surface area contributed by atoms with Crippen LogP contribution in [0.3, 0.4) is 0 Å². The lowest BCUT2D eigenvalue weighted by atomic mass is 10.2. The van der Waals surface area contributed by atoms with Crippen molar-refractivity contribution in [2.75, 3.05) is 18.8 Å². The van der Waals surface area contributed by atoms with E-state index in [9.17, 15) is 4.79 Å². The molecule has 104 valence electrons. The van der Waals surface area contributed by atoms with Crippen LogP contribution < -0.4 is 0 Å². The highest BCUT2D eigenvalue weighted by Gasteiger charge is 2.13. The SMILES string of the molecule is Cc1ccccc1SCC(=O)N(CCC#N)CCC#N. The van der Waals surface area contributed by atoms with Crippen molar-refractivity contribution in [3.63, 3.8) is 0 Å². The second-order valence-electron chi connectivity index (χ2n) is 4.25. The maximum Gasteiger partial charge on any atom is 0.232 e. The van der Waals surface area contributed by atoms with Crippen LogP contribution in [0.25, 0.3) is 0 Å². The highest BCUT2D eigenvalue weighted by Crippen LogP contribution is 2.22. The van der Waals surface area contributed by atoms with Gasteiger partial charge in [0.05, 0.1) is 30.7 Å². The Kier molecular flexibility index (Phi) is 7.24. The third kappa shape index (κ3) is 5.34. The van der Waals surface area contributed by atoms with Crippen LogP contribution in [0.15, 0.2) is 29.2 Å². The van der Waals surface area contributed by atoms with E-state index in [1.54, 1.807) is 4.90 Å². The van der Waals surface area contributed by atoms with Gasteiger partial charge in [0.25, 0.3) is 0 Å². The fourth-order valence-corrected chi connectivity index (χ4v) is 2.61. The van der Waals surface area contributed by atoms with E-state index in [4.69, 9.17) is 10.5 Å². The highest BCUT2D eigenvalue weighted by molar-refractivity contribution is 8.00. The van der Waals surface area contributed by atoms with Gasteiger partial charge in [-0.2, -0.15) is 10.5 Å². The van der Waals surface area contributed by atoms with Crippen LogP contribution in [0, 0.1) is 29.6 Å². The van der Waals surface area contributed by atoms with Gasteiger partial charge in [-0.05, 0) is 18.6 Å². The van der Waals surface area contributed by atoms with Crippen molar-refractivity contribution >= 4 is 17.7 Å². The molecule has 0 spiro atoms. The summed E-state index contributed by atoms with van der Waals surface area (Å²) in [7, 11) is 0. The Morgan fingerprint density at radius 3 is 2.35 bits per heavy atom. The third-order valence-corrected chi connectivity index (χ3v) is 3.94. The molecule has 5 heteroatoms. The fourth-order valence-electron chi connectivity index (χ4n) is 1.68. The van der Waals surface area contributed by atoms with E-state index in [1.807, 2.05) is 43.3 Å². The largest absolute Gasteiger partial charge is 0.340 e. The second kappa shape index (κ2) is 9.01. The monoisotopic (exact) mass is 287 g/mol. The highest BCUT2D eigenvalue weighted by atomic mass is 32.2. The average Bonchev–Trinajstić information content (AvgIpc) is 2.46. The number of hydrogen-bond donors (Lipinski definition) is 0. The molecule has 0 aliphatic rings. The van der Waals surface area contributed by atoms with Gasteiger partial charge < -0.3 is 4.90 Å². The number of amides is 1. The number of aryl methyl sites for hydroxylation is 1. The molecule has 1 aromatic rings. The molecular formula is C15H17N3OS. The van der Waals surface area contributed by atoms with Crippen LogP contribution in [0.2, 0.25) is 0 Å². The van der Waals surface area contributed by atoms with Crippen LogP contribution in [-0.4, -0.2) is 29.6 Å². The summed E-state index contributed by atoms with van der Waals surface area (Å²) in [5.74, 6) is 0.311. The lowest BCUT2D eigenvalue weighted by Crippen LogP contribution is -2.34. The molecule has 4 nitrogen and oxygen atoms in total. The summed E-state index contributed by atoms with van der Waals surface area (Å²) in [6.45, 7) is 2.80. The number of carbonyl (C=O) groups is 1. The van der Waals surface area contributed by atoms with E-state index in [2.05, 4.69) is 0 Å². The molecule has 0 N–H and O–H groups in total. The summed E-state index contributed by atoms with van der Waals surface area (Å²) in [4.78, 5) is 14.8. The minimum Gasteiger partial charge on any atom is -0.340 e. The normalized spacial score (nSPS) is 9.55. The molecule has 0 saturated heterocycles. The Morgan fingerprint density at radius 1 is 1.20 bits per heavy atom. The standard InChI is InChI=1S/C15H17N3OS/c1-13-6-2-3-7-14(13)20-12-15(19)18(10-4-8-16)11-5-9-17/h2-3,6-7H,4-5,10-12H2,1H3. The fraction of sp³-hybridized carbons (Fsp3) is 0.400. The van der Waals surface area contributed by atoms with Crippen molar-refractivity contribution in [2.45, 2.75) is 24.7 Å². The molecule has 0 aliphatic heterocycles. The van der Waals surface area contributed by atoms with Crippen molar-refractivity contribution in [2.24, 2.45) is 0 Å². The third-order valence-electron chi connectivity index (χ3n) is 2.78. The van der Waals surface area contributed by atoms with Crippen LogP contribution >= 0.6 is 11.8 Å². The quantitative estimate of drug-likeness (QED) is 0.723. The molecule has 0 bridgehead atoms. The predicted molar refractivity (Wildman–Crippen MR) is 78.9 cm³/mol. The van der Waals surface area contributed by atoms with E-state index in [0.717, 1.165) is 10.5 Å². The van der Waals surface area contributed by atoms with Crippen LogP contribution in [0.5, 0.6) is 0 Å². The van der Waals surface area contributed by atoms with Crippen LogP contribution in [0.4, 0.5) is 0 Å². The molecule has 0 radical (unpaired) electrons. The van der Waals surface area contributed by atoms with E-state index >= 15 is 0 Å². The molecule has 0 heterocycles. The topological polar surface area (TPSA) is 67.9 Å². The molecule has 1 aromatic carbocycles. The Morgan fingerprint density at radius 2 is 1.80 bits per heavy atom. The zero-order valence-corrected chi connectivity index (χ0v) is 12.3. The number of thioether (sulfide) groups is 1. The van der Waals surface area contributed by atoms with Gasteiger partial charge in [0.2, 0.25) is 5.91 Å². The van der Waals surface area contributed by atoms with E-state index in [0.29, 0.717) is 31.7 Å². The zero-order valence-electron chi connectivity index (χ0n) is 11.5. The molecule has 0 aliphatic carbocycles. The van der Waals surface area contributed by atoms with Gasteiger partial charge >= 0.3 is 0 Å². The molecule has 0 saturated carbocycles. The van der Waals surface area contributed by atoms with Crippen LogP contribution in [-0.2, 0) is 4.79 Å². The minimum absolute atomic E-state index is 0.0243. The van der Waals surface area contributed by atoms with E-state index < -0.39 is 0 Å². The number of hydrogen-bond acceptors (Lipinski definition) is 4. The van der Waals surface area contributed by atoms with Gasteiger partial charge in [-0.1, -0.05) is 18.2 Å². The summed E-state index contributed by atoms with van der Waals surface area (Å²) in [5, 5.41) is 17.2. The molecule has 0 atom stereocenters. The molecule has 0 unspecified atom stereocenters. The van der Waals surface area contributed by atoms with E-state index in [1.165, 1.54) is 11.8 Å². The number of carbonyl (C=O) groups excluding carboxylic acids is 1. The first-order chi connectivity index (χ1) is 9.69. The molecule has 1 rings (SSSR count). The molecule has 20 heavy (non-hydrogen) atoms. The summed E-state index contributed by atoms with van der Waals surface area (Å²) < 4.78 is 0. The van der Waals surface area contributed by atoms with Crippen molar-refractivity contribution in [3.05, 3.63) is 29.8 Å².